The van der Waals surface area contributed by atoms with E-state index >= 15 is 0 Å². The summed E-state index contributed by atoms with van der Waals surface area (Å²) in [5, 5.41) is 11.5. The van der Waals surface area contributed by atoms with Gasteiger partial charge in [0, 0.05) is 6.54 Å². The molecule has 5 heteroatoms. The van der Waals surface area contributed by atoms with E-state index in [0.717, 1.165) is 0 Å². The summed E-state index contributed by atoms with van der Waals surface area (Å²) in [6.07, 6.45) is 1.40. The number of carbonyl (C=O) groups is 2. The van der Waals surface area contributed by atoms with Crippen molar-refractivity contribution in [1.82, 2.24) is 5.32 Å². The lowest BCUT2D eigenvalue weighted by Gasteiger charge is -2.20. The molecule has 1 fully saturated rings. The Balaban J connectivity index is 2.21. The fourth-order valence-electron chi connectivity index (χ4n) is 1.44. The zero-order valence-corrected chi connectivity index (χ0v) is 10.0. The number of rotatable bonds is 4. The summed E-state index contributed by atoms with van der Waals surface area (Å²) in [4.78, 5) is 22.1. The normalized spacial score (nSPS) is 17.7. The largest absolute Gasteiger partial charge is 0.481 e. The molecule has 0 aromatic carbocycles. The van der Waals surface area contributed by atoms with Crippen LogP contribution >= 0.6 is 0 Å². The predicted octanol–water partition coefficient (Wildman–Crippen LogP) is 1.77. The first kappa shape index (κ1) is 12.8. The molecule has 0 heterocycles. The van der Waals surface area contributed by atoms with Crippen LogP contribution in [0.5, 0.6) is 0 Å². The van der Waals surface area contributed by atoms with E-state index in [4.69, 9.17) is 9.84 Å². The van der Waals surface area contributed by atoms with E-state index in [0.29, 0.717) is 25.8 Å². The van der Waals surface area contributed by atoms with Gasteiger partial charge in [0.05, 0.1) is 5.41 Å². The van der Waals surface area contributed by atoms with Crippen LogP contribution in [0.2, 0.25) is 0 Å². The molecular formula is C11H19NO4. The number of carboxylic acid groups (broad SMARTS) is 1. The SMILES string of the molecule is CC(C)(C)OC(=O)NCCC1(C(=O)O)CC1. The summed E-state index contributed by atoms with van der Waals surface area (Å²) in [5.41, 5.74) is -1.11. The number of hydrogen-bond acceptors (Lipinski definition) is 3. The van der Waals surface area contributed by atoms with Crippen molar-refractivity contribution in [2.75, 3.05) is 6.54 Å². The molecule has 92 valence electrons. The van der Waals surface area contributed by atoms with Crippen molar-refractivity contribution in [2.24, 2.45) is 5.41 Å². The molecule has 5 nitrogen and oxygen atoms in total. The van der Waals surface area contributed by atoms with E-state index in [-0.39, 0.29) is 0 Å². The summed E-state index contributed by atoms with van der Waals surface area (Å²) < 4.78 is 5.04. The maximum atomic E-state index is 11.3. The Morgan fingerprint density at radius 2 is 1.94 bits per heavy atom. The number of hydrogen-bond donors (Lipinski definition) is 2. The van der Waals surface area contributed by atoms with E-state index in [1.165, 1.54) is 0 Å². The van der Waals surface area contributed by atoms with Crippen molar-refractivity contribution in [3.63, 3.8) is 0 Å². The second-order valence-electron chi connectivity index (χ2n) is 5.26. The molecule has 0 spiro atoms. The molecule has 1 rings (SSSR count). The van der Waals surface area contributed by atoms with Gasteiger partial charge in [0.1, 0.15) is 5.60 Å². The van der Waals surface area contributed by atoms with E-state index < -0.39 is 23.1 Å². The Hall–Kier alpha value is -1.26. The van der Waals surface area contributed by atoms with Crippen LogP contribution in [0.3, 0.4) is 0 Å². The minimum absolute atomic E-state index is 0.348. The molecular weight excluding hydrogens is 210 g/mol. The smallest absolute Gasteiger partial charge is 0.407 e. The number of nitrogens with one attached hydrogen (secondary N) is 1. The highest BCUT2D eigenvalue weighted by Crippen LogP contribution is 2.48. The fourth-order valence-corrected chi connectivity index (χ4v) is 1.44. The summed E-state index contributed by atoms with van der Waals surface area (Å²) in [6.45, 7) is 5.70. The predicted molar refractivity (Wildman–Crippen MR) is 58.2 cm³/mol. The van der Waals surface area contributed by atoms with Gasteiger partial charge in [-0.25, -0.2) is 4.79 Å². The molecule has 0 aromatic rings. The second-order valence-corrected chi connectivity index (χ2v) is 5.26. The molecule has 0 radical (unpaired) electrons. The Morgan fingerprint density at radius 1 is 1.38 bits per heavy atom. The molecule has 0 aliphatic heterocycles. The molecule has 1 saturated carbocycles. The Morgan fingerprint density at radius 3 is 2.31 bits per heavy atom. The van der Waals surface area contributed by atoms with E-state index in [1.54, 1.807) is 20.8 Å². The summed E-state index contributed by atoms with van der Waals surface area (Å²) in [7, 11) is 0. The number of carbonyl (C=O) groups excluding carboxylic acids is 1. The molecule has 0 atom stereocenters. The molecule has 1 aliphatic rings. The summed E-state index contributed by atoms with van der Waals surface area (Å²) in [5.74, 6) is -0.765. The van der Waals surface area contributed by atoms with Crippen molar-refractivity contribution < 1.29 is 19.4 Å². The van der Waals surface area contributed by atoms with Crippen LogP contribution in [0.25, 0.3) is 0 Å². The van der Waals surface area contributed by atoms with Crippen molar-refractivity contribution in [3.05, 3.63) is 0 Å². The molecule has 2 N–H and O–H groups in total. The number of amides is 1. The fraction of sp³-hybridized carbons (Fsp3) is 0.818. The minimum Gasteiger partial charge on any atom is -0.481 e. The highest BCUT2D eigenvalue weighted by Gasteiger charge is 2.49. The van der Waals surface area contributed by atoms with Crippen LogP contribution in [0.15, 0.2) is 0 Å². The van der Waals surface area contributed by atoms with Crippen molar-refractivity contribution in [3.8, 4) is 0 Å². The van der Waals surface area contributed by atoms with Crippen LogP contribution < -0.4 is 5.32 Å². The van der Waals surface area contributed by atoms with E-state index in [2.05, 4.69) is 5.32 Å². The van der Waals surface area contributed by atoms with Crippen molar-refractivity contribution in [2.45, 2.75) is 45.6 Å². The molecule has 1 amide bonds. The third-order valence-corrected chi connectivity index (χ3v) is 2.58. The van der Waals surface area contributed by atoms with Gasteiger partial charge in [0.25, 0.3) is 0 Å². The maximum Gasteiger partial charge on any atom is 0.407 e. The quantitative estimate of drug-likeness (QED) is 0.770. The van der Waals surface area contributed by atoms with Gasteiger partial charge in [-0.05, 0) is 40.0 Å². The van der Waals surface area contributed by atoms with Gasteiger partial charge >= 0.3 is 12.1 Å². The number of ether oxygens (including phenoxy) is 1. The average Bonchev–Trinajstić information content (AvgIpc) is 2.81. The molecule has 1 aliphatic carbocycles. The van der Waals surface area contributed by atoms with Gasteiger partial charge in [0.15, 0.2) is 0 Å². The Bertz CT molecular complexity index is 289. The first-order chi connectivity index (χ1) is 7.25. The molecule has 0 saturated heterocycles. The number of aliphatic carboxylic acids is 1. The van der Waals surface area contributed by atoms with Crippen molar-refractivity contribution in [1.29, 1.82) is 0 Å². The third kappa shape index (κ3) is 3.72. The number of alkyl carbamates (subject to hydrolysis) is 1. The van der Waals surface area contributed by atoms with Crippen LogP contribution in [0.1, 0.15) is 40.0 Å². The van der Waals surface area contributed by atoms with E-state index in [9.17, 15) is 9.59 Å². The third-order valence-electron chi connectivity index (χ3n) is 2.58. The lowest BCUT2D eigenvalue weighted by Crippen LogP contribution is -2.34. The highest BCUT2D eigenvalue weighted by molar-refractivity contribution is 5.77. The molecule has 0 aromatic heterocycles. The van der Waals surface area contributed by atoms with Gasteiger partial charge in [0.2, 0.25) is 0 Å². The Labute approximate surface area is 95.2 Å². The van der Waals surface area contributed by atoms with Crippen molar-refractivity contribution >= 4 is 12.1 Å². The van der Waals surface area contributed by atoms with Gasteiger partial charge in [-0.15, -0.1) is 0 Å². The number of carboxylic acids is 1. The Kier molecular flexibility index (Phi) is 3.45. The van der Waals surface area contributed by atoms with Gasteiger partial charge < -0.3 is 15.2 Å². The lowest BCUT2D eigenvalue weighted by molar-refractivity contribution is -0.143. The van der Waals surface area contributed by atoms with Crippen LogP contribution in [0, 0.1) is 5.41 Å². The first-order valence-electron chi connectivity index (χ1n) is 5.45. The van der Waals surface area contributed by atoms with Crippen LogP contribution in [0.4, 0.5) is 4.79 Å². The summed E-state index contributed by atoms with van der Waals surface area (Å²) in [6, 6.07) is 0. The zero-order chi connectivity index (χ0) is 12.4. The summed E-state index contributed by atoms with van der Waals surface area (Å²) >= 11 is 0. The standard InChI is InChI=1S/C11H19NO4/c1-10(2,3)16-9(15)12-7-6-11(4-5-11)8(13)14/h4-7H2,1-3H3,(H,12,15)(H,13,14). The average molecular weight is 229 g/mol. The molecule has 0 unspecified atom stereocenters. The topological polar surface area (TPSA) is 75.6 Å². The monoisotopic (exact) mass is 229 g/mol. The van der Waals surface area contributed by atoms with Gasteiger partial charge in [-0.2, -0.15) is 0 Å². The molecule has 0 bridgehead atoms. The van der Waals surface area contributed by atoms with Gasteiger partial charge in [-0.1, -0.05) is 0 Å². The maximum absolute atomic E-state index is 11.3. The van der Waals surface area contributed by atoms with E-state index in [1.807, 2.05) is 0 Å². The van der Waals surface area contributed by atoms with Gasteiger partial charge in [-0.3, -0.25) is 4.79 Å². The molecule has 16 heavy (non-hydrogen) atoms. The first-order valence-corrected chi connectivity index (χ1v) is 5.45. The lowest BCUT2D eigenvalue weighted by atomic mass is 10.0. The van der Waals surface area contributed by atoms with Crippen LogP contribution in [-0.2, 0) is 9.53 Å². The second kappa shape index (κ2) is 4.31. The minimum atomic E-state index is -0.765. The van der Waals surface area contributed by atoms with Crippen LogP contribution in [-0.4, -0.2) is 29.3 Å². The highest BCUT2D eigenvalue weighted by atomic mass is 16.6. The zero-order valence-electron chi connectivity index (χ0n) is 10.0.